The van der Waals surface area contributed by atoms with E-state index in [0.29, 0.717) is 30.5 Å². The lowest BCUT2D eigenvalue weighted by Gasteiger charge is -2.15. The largest absolute Gasteiger partial charge is 0.336 e. The molecule has 0 unspecified atom stereocenters. The quantitative estimate of drug-likeness (QED) is 0.516. The summed E-state index contributed by atoms with van der Waals surface area (Å²) in [5, 5.41) is 12.4. The molecular formula is C20H18N6O2S. The first-order valence-electron chi connectivity index (χ1n) is 9.34. The van der Waals surface area contributed by atoms with Gasteiger partial charge in [-0.25, -0.2) is 4.68 Å². The van der Waals surface area contributed by atoms with Crippen LogP contribution in [0, 0.1) is 6.92 Å². The number of likely N-dealkylation sites (tertiary alicyclic amines) is 1. The standard InChI is InChI=1S/C20H18N6O2S/c1-13-7-8-17(29-13)20(27)25-10-9-15(11-25)26-12-16(22-24-26)19-21-18(23-28-19)14-5-3-2-4-6-14/h2-8,12,15H,9-11H2,1H3/t15-/m1/s1. The van der Waals surface area contributed by atoms with Gasteiger partial charge in [0.2, 0.25) is 5.82 Å². The van der Waals surface area contributed by atoms with Crippen LogP contribution in [0.1, 0.15) is 27.0 Å². The molecule has 0 saturated carbocycles. The van der Waals surface area contributed by atoms with Crippen LogP contribution in [-0.4, -0.2) is 49.0 Å². The van der Waals surface area contributed by atoms with Crippen molar-refractivity contribution in [3.8, 4) is 23.0 Å². The van der Waals surface area contributed by atoms with Gasteiger partial charge in [-0.1, -0.05) is 40.7 Å². The number of rotatable bonds is 4. The van der Waals surface area contributed by atoms with Gasteiger partial charge < -0.3 is 9.42 Å². The van der Waals surface area contributed by atoms with E-state index in [2.05, 4.69) is 20.5 Å². The van der Waals surface area contributed by atoms with Crippen LogP contribution in [-0.2, 0) is 0 Å². The Morgan fingerprint density at radius 2 is 2.07 bits per heavy atom. The van der Waals surface area contributed by atoms with E-state index in [1.165, 1.54) is 11.3 Å². The Hall–Kier alpha value is -3.33. The zero-order valence-electron chi connectivity index (χ0n) is 15.7. The first-order chi connectivity index (χ1) is 14.2. The van der Waals surface area contributed by atoms with E-state index in [4.69, 9.17) is 4.52 Å². The van der Waals surface area contributed by atoms with Crippen LogP contribution in [0.15, 0.2) is 53.2 Å². The van der Waals surface area contributed by atoms with Gasteiger partial charge in [0.1, 0.15) is 0 Å². The lowest BCUT2D eigenvalue weighted by Crippen LogP contribution is -2.28. The number of thiophene rings is 1. The highest BCUT2D eigenvalue weighted by Crippen LogP contribution is 2.26. The minimum atomic E-state index is 0.0790. The Kier molecular flexibility index (Phi) is 4.44. The number of nitrogens with zero attached hydrogens (tertiary/aromatic N) is 6. The maximum atomic E-state index is 12.7. The van der Waals surface area contributed by atoms with Crippen molar-refractivity contribution in [1.82, 2.24) is 30.0 Å². The first-order valence-corrected chi connectivity index (χ1v) is 10.2. The van der Waals surface area contributed by atoms with Crippen molar-refractivity contribution in [3.63, 3.8) is 0 Å². The third-order valence-corrected chi connectivity index (χ3v) is 5.95. The minimum Gasteiger partial charge on any atom is -0.336 e. The molecule has 4 aromatic rings. The van der Waals surface area contributed by atoms with Gasteiger partial charge in [-0.15, -0.1) is 16.4 Å². The van der Waals surface area contributed by atoms with Crippen molar-refractivity contribution in [2.45, 2.75) is 19.4 Å². The highest BCUT2D eigenvalue weighted by Gasteiger charge is 2.30. The van der Waals surface area contributed by atoms with Crippen molar-refractivity contribution in [1.29, 1.82) is 0 Å². The van der Waals surface area contributed by atoms with Gasteiger partial charge in [-0.2, -0.15) is 4.98 Å². The van der Waals surface area contributed by atoms with Crippen molar-refractivity contribution in [3.05, 3.63) is 58.4 Å². The molecule has 0 N–H and O–H groups in total. The van der Waals surface area contributed by atoms with E-state index in [-0.39, 0.29) is 11.9 Å². The molecule has 29 heavy (non-hydrogen) atoms. The maximum Gasteiger partial charge on any atom is 0.280 e. The number of aryl methyl sites for hydroxylation is 1. The zero-order valence-corrected chi connectivity index (χ0v) is 16.5. The highest BCUT2D eigenvalue weighted by molar-refractivity contribution is 7.13. The number of amides is 1. The Morgan fingerprint density at radius 1 is 1.21 bits per heavy atom. The van der Waals surface area contributed by atoms with Crippen molar-refractivity contribution in [2.24, 2.45) is 0 Å². The Balaban J connectivity index is 1.30. The minimum absolute atomic E-state index is 0.0790. The number of aromatic nitrogens is 5. The molecule has 1 fully saturated rings. The second-order valence-electron chi connectivity index (χ2n) is 6.98. The first kappa shape index (κ1) is 17.7. The highest BCUT2D eigenvalue weighted by atomic mass is 32.1. The van der Waals surface area contributed by atoms with Crippen LogP contribution in [0.3, 0.4) is 0 Å². The maximum absolute atomic E-state index is 12.7. The van der Waals surface area contributed by atoms with E-state index in [1.54, 1.807) is 10.9 Å². The predicted molar refractivity (Wildman–Crippen MR) is 107 cm³/mol. The fourth-order valence-corrected chi connectivity index (χ4v) is 4.27. The van der Waals surface area contributed by atoms with E-state index < -0.39 is 0 Å². The van der Waals surface area contributed by atoms with Crippen molar-refractivity contribution in [2.75, 3.05) is 13.1 Å². The number of carbonyl (C=O) groups excluding carboxylic acids is 1. The topological polar surface area (TPSA) is 89.9 Å². The summed E-state index contributed by atoms with van der Waals surface area (Å²) >= 11 is 1.53. The van der Waals surface area contributed by atoms with Crippen LogP contribution in [0.4, 0.5) is 0 Å². The lowest BCUT2D eigenvalue weighted by molar-refractivity contribution is 0.0791. The summed E-state index contributed by atoms with van der Waals surface area (Å²) in [6.07, 6.45) is 2.63. The monoisotopic (exact) mass is 406 g/mol. The molecule has 1 aliphatic rings. The Labute approximate surface area is 170 Å². The SMILES string of the molecule is Cc1ccc(C(=O)N2CC[C@@H](n3cc(-c4nc(-c5ccccc5)no4)nn3)C2)s1. The van der Waals surface area contributed by atoms with Crippen LogP contribution < -0.4 is 0 Å². The van der Waals surface area contributed by atoms with E-state index in [1.807, 2.05) is 54.3 Å². The lowest BCUT2D eigenvalue weighted by atomic mass is 10.2. The van der Waals surface area contributed by atoms with Crippen molar-refractivity contribution < 1.29 is 9.32 Å². The Morgan fingerprint density at radius 3 is 2.86 bits per heavy atom. The van der Waals surface area contributed by atoms with Crippen LogP contribution in [0.5, 0.6) is 0 Å². The van der Waals surface area contributed by atoms with E-state index in [9.17, 15) is 4.79 Å². The second kappa shape index (κ2) is 7.25. The summed E-state index contributed by atoms with van der Waals surface area (Å²) in [5.41, 5.74) is 1.40. The normalized spacial score (nSPS) is 16.4. The molecule has 1 aromatic carbocycles. The Bertz CT molecular complexity index is 1150. The third kappa shape index (κ3) is 3.44. The zero-order chi connectivity index (χ0) is 19.8. The van der Waals surface area contributed by atoms with Gasteiger partial charge in [0.05, 0.1) is 17.1 Å². The summed E-state index contributed by atoms with van der Waals surface area (Å²) in [5.74, 6) is 0.921. The van der Waals surface area contributed by atoms with Gasteiger partial charge in [-0.05, 0) is 25.5 Å². The fourth-order valence-electron chi connectivity index (χ4n) is 3.43. The van der Waals surface area contributed by atoms with Gasteiger partial charge in [0, 0.05) is 23.5 Å². The molecule has 1 amide bonds. The van der Waals surface area contributed by atoms with Gasteiger partial charge in [0.15, 0.2) is 5.69 Å². The molecule has 0 radical (unpaired) electrons. The van der Waals surface area contributed by atoms with Crippen LogP contribution >= 0.6 is 11.3 Å². The number of benzene rings is 1. The van der Waals surface area contributed by atoms with Gasteiger partial charge in [0.25, 0.3) is 11.8 Å². The number of hydrogen-bond donors (Lipinski definition) is 0. The molecule has 9 heteroatoms. The van der Waals surface area contributed by atoms with Gasteiger partial charge in [-0.3, -0.25) is 4.79 Å². The molecule has 0 spiro atoms. The summed E-state index contributed by atoms with van der Waals surface area (Å²) in [6, 6.07) is 13.6. The fraction of sp³-hybridized carbons (Fsp3) is 0.250. The van der Waals surface area contributed by atoms with Gasteiger partial charge >= 0.3 is 0 Å². The molecule has 1 atom stereocenters. The molecule has 3 aromatic heterocycles. The summed E-state index contributed by atoms with van der Waals surface area (Å²) in [4.78, 5) is 20.9. The molecule has 1 saturated heterocycles. The van der Waals surface area contributed by atoms with Crippen molar-refractivity contribution >= 4 is 17.2 Å². The molecule has 146 valence electrons. The molecule has 5 rings (SSSR count). The molecule has 0 bridgehead atoms. The molecule has 8 nitrogen and oxygen atoms in total. The number of hydrogen-bond acceptors (Lipinski definition) is 7. The predicted octanol–water partition coefficient (Wildman–Crippen LogP) is 3.45. The molecular weight excluding hydrogens is 388 g/mol. The molecule has 1 aliphatic heterocycles. The van der Waals surface area contributed by atoms with E-state index >= 15 is 0 Å². The van der Waals surface area contributed by atoms with E-state index in [0.717, 1.165) is 21.7 Å². The summed E-state index contributed by atoms with van der Waals surface area (Å²) in [7, 11) is 0. The molecule has 0 aliphatic carbocycles. The average molecular weight is 406 g/mol. The smallest absolute Gasteiger partial charge is 0.280 e. The third-order valence-electron chi connectivity index (χ3n) is 4.96. The van der Waals surface area contributed by atoms with Crippen LogP contribution in [0.2, 0.25) is 0 Å². The average Bonchev–Trinajstić information content (AvgIpc) is 3.54. The molecule has 4 heterocycles. The number of carbonyl (C=O) groups is 1. The van der Waals surface area contributed by atoms with Crippen LogP contribution in [0.25, 0.3) is 23.0 Å². The summed E-state index contributed by atoms with van der Waals surface area (Å²) < 4.78 is 7.15. The summed E-state index contributed by atoms with van der Waals surface area (Å²) in [6.45, 7) is 3.32. The second-order valence-corrected chi connectivity index (χ2v) is 8.26.